The van der Waals surface area contributed by atoms with E-state index in [2.05, 4.69) is 14.9 Å². The monoisotopic (exact) mass is 425 g/mol. The molecule has 1 fully saturated rings. The van der Waals surface area contributed by atoms with Crippen molar-refractivity contribution in [3.05, 3.63) is 52.4 Å². The molecule has 1 aliphatic rings. The predicted octanol–water partition coefficient (Wildman–Crippen LogP) is 3.18. The average molecular weight is 426 g/mol. The molecule has 1 aliphatic heterocycles. The lowest BCUT2D eigenvalue weighted by Gasteiger charge is -2.26. The molecular formula is C19H24ClN3O4S. The number of rotatable bonds is 7. The SMILES string of the molecule is Cc1ccc([C@@H](CNC(=O)c2ccc(Cl)c(NS(C)(=O)=O)c2)N2CCCC2)o1. The van der Waals surface area contributed by atoms with Crippen LogP contribution in [0.3, 0.4) is 0 Å². The highest BCUT2D eigenvalue weighted by Gasteiger charge is 2.26. The van der Waals surface area contributed by atoms with E-state index in [1.165, 1.54) is 12.1 Å². The number of hydrogen-bond acceptors (Lipinski definition) is 5. The highest BCUT2D eigenvalue weighted by Crippen LogP contribution is 2.27. The van der Waals surface area contributed by atoms with Crippen molar-refractivity contribution in [3.63, 3.8) is 0 Å². The zero-order valence-corrected chi connectivity index (χ0v) is 17.4. The normalized spacial score (nSPS) is 16.1. The van der Waals surface area contributed by atoms with E-state index in [4.69, 9.17) is 16.0 Å². The maximum atomic E-state index is 12.6. The second-order valence-electron chi connectivity index (χ2n) is 6.99. The predicted molar refractivity (Wildman–Crippen MR) is 109 cm³/mol. The third-order valence-electron chi connectivity index (χ3n) is 4.65. The van der Waals surface area contributed by atoms with E-state index in [-0.39, 0.29) is 22.7 Å². The Morgan fingerprint density at radius 1 is 1.25 bits per heavy atom. The van der Waals surface area contributed by atoms with Gasteiger partial charge in [-0.05, 0) is 63.2 Å². The molecule has 0 bridgehead atoms. The molecule has 0 radical (unpaired) electrons. The van der Waals surface area contributed by atoms with Gasteiger partial charge in [-0.15, -0.1) is 0 Å². The van der Waals surface area contributed by atoms with Crippen LogP contribution >= 0.6 is 11.6 Å². The fourth-order valence-corrected chi connectivity index (χ4v) is 4.12. The summed E-state index contributed by atoms with van der Waals surface area (Å²) in [4.78, 5) is 15.0. The van der Waals surface area contributed by atoms with Gasteiger partial charge in [0.2, 0.25) is 10.0 Å². The van der Waals surface area contributed by atoms with Gasteiger partial charge in [-0.2, -0.15) is 0 Å². The Hall–Kier alpha value is -2.03. The molecule has 28 heavy (non-hydrogen) atoms. The number of amides is 1. The summed E-state index contributed by atoms with van der Waals surface area (Å²) in [6.45, 7) is 4.21. The van der Waals surface area contributed by atoms with Crippen LogP contribution < -0.4 is 10.0 Å². The molecule has 1 amide bonds. The van der Waals surface area contributed by atoms with Crippen molar-refractivity contribution in [1.82, 2.24) is 10.2 Å². The third kappa shape index (κ3) is 5.27. The number of anilines is 1. The molecular weight excluding hydrogens is 402 g/mol. The van der Waals surface area contributed by atoms with Gasteiger partial charge in [-0.3, -0.25) is 14.4 Å². The Bertz CT molecular complexity index is 952. The second-order valence-corrected chi connectivity index (χ2v) is 9.14. The Labute approximate surface area is 170 Å². The van der Waals surface area contributed by atoms with E-state index < -0.39 is 10.0 Å². The molecule has 1 aromatic heterocycles. The molecule has 3 rings (SSSR count). The Balaban J connectivity index is 1.73. The Morgan fingerprint density at radius 3 is 2.57 bits per heavy atom. The van der Waals surface area contributed by atoms with Crippen LogP contribution in [0.2, 0.25) is 5.02 Å². The van der Waals surface area contributed by atoms with Gasteiger partial charge in [-0.1, -0.05) is 11.6 Å². The Kier molecular flexibility index (Phi) is 6.32. The first kappa shape index (κ1) is 20.7. The minimum Gasteiger partial charge on any atom is -0.465 e. The van der Waals surface area contributed by atoms with Gasteiger partial charge >= 0.3 is 0 Å². The molecule has 1 atom stereocenters. The zero-order valence-electron chi connectivity index (χ0n) is 15.9. The van der Waals surface area contributed by atoms with E-state index in [0.29, 0.717) is 12.1 Å². The molecule has 7 nitrogen and oxygen atoms in total. The topological polar surface area (TPSA) is 91.7 Å². The summed E-state index contributed by atoms with van der Waals surface area (Å²) in [7, 11) is -3.50. The van der Waals surface area contributed by atoms with Crippen molar-refractivity contribution < 1.29 is 17.6 Å². The highest BCUT2D eigenvalue weighted by atomic mass is 35.5. The molecule has 9 heteroatoms. The average Bonchev–Trinajstić information content (AvgIpc) is 3.28. The van der Waals surface area contributed by atoms with Gasteiger partial charge < -0.3 is 9.73 Å². The number of nitrogens with zero attached hydrogens (tertiary/aromatic N) is 1. The molecule has 1 saturated heterocycles. The standard InChI is InChI=1S/C19H24ClN3O4S/c1-13-5-8-18(27-13)17(23-9-3-4-10-23)12-21-19(24)14-6-7-15(20)16(11-14)22-28(2,25)26/h5-8,11,17,22H,3-4,9-10,12H2,1-2H3,(H,21,24)/t17-/m1/s1. The number of likely N-dealkylation sites (tertiary alicyclic amines) is 1. The van der Waals surface area contributed by atoms with Gasteiger partial charge in [0.25, 0.3) is 5.91 Å². The van der Waals surface area contributed by atoms with Crippen LogP contribution in [0.1, 0.15) is 40.8 Å². The smallest absolute Gasteiger partial charge is 0.251 e. The maximum absolute atomic E-state index is 12.6. The quantitative estimate of drug-likeness (QED) is 0.710. The first-order valence-electron chi connectivity index (χ1n) is 9.09. The summed E-state index contributed by atoms with van der Waals surface area (Å²) in [5, 5.41) is 3.16. The number of sulfonamides is 1. The molecule has 0 spiro atoms. The first-order chi connectivity index (χ1) is 13.2. The van der Waals surface area contributed by atoms with Crippen LogP contribution in [0.15, 0.2) is 34.7 Å². The fourth-order valence-electron chi connectivity index (χ4n) is 3.33. The van der Waals surface area contributed by atoms with Crippen LogP contribution in [0.4, 0.5) is 5.69 Å². The summed E-state index contributed by atoms with van der Waals surface area (Å²) in [5.74, 6) is 1.36. The number of hydrogen-bond donors (Lipinski definition) is 2. The van der Waals surface area contributed by atoms with Gasteiger partial charge in [0.15, 0.2) is 0 Å². The molecule has 2 N–H and O–H groups in total. The number of carbonyl (C=O) groups is 1. The number of benzene rings is 1. The fraction of sp³-hybridized carbons (Fsp3) is 0.421. The molecule has 152 valence electrons. The highest BCUT2D eigenvalue weighted by molar-refractivity contribution is 7.92. The van der Waals surface area contributed by atoms with E-state index >= 15 is 0 Å². The minimum atomic E-state index is -3.50. The van der Waals surface area contributed by atoms with Crippen molar-refractivity contribution in [3.8, 4) is 0 Å². The first-order valence-corrected chi connectivity index (χ1v) is 11.4. The largest absolute Gasteiger partial charge is 0.465 e. The van der Waals surface area contributed by atoms with Crippen LogP contribution in [0.5, 0.6) is 0 Å². The summed E-state index contributed by atoms with van der Waals surface area (Å²) in [6.07, 6.45) is 3.28. The van der Waals surface area contributed by atoms with E-state index in [1.54, 1.807) is 6.07 Å². The van der Waals surface area contributed by atoms with E-state index in [9.17, 15) is 13.2 Å². The van der Waals surface area contributed by atoms with Crippen molar-refractivity contribution in [2.75, 3.05) is 30.6 Å². The van der Waals surface area contributed by atoms with Crippen LogP contribution in [-0.2, 0) is 10.0 Å². The minimum absolute atomic E-state index is 0.0407. The lowest BCUT2D eigenvalue weighted by Crippen LogP contribution is -2.36. The molecule has 2 heterocycles. The summed E-state index contributed by atoms with van der Waals surface area (Å²) >= 11 is 6.03. The molecule has 2 aromatic rings. The molecule has 0 aliphatic carbocycles. The summed E-state index contributed by atoms with van der Waals surface area (Å²) in [6, 6.07) is 8.32. The summed E-state index contributed by atoms with van der Waals surface area (Å²) < 4.78 is 31.1. The van der Waals surface area contributed by atoms with Gasteiger partial charge in [0.05, 0.1) is 23.0 Å². The number of halogens is 1. The second kappa shape index (κ2) is 8.55. The van der Waals surface area contributed by atoms with Gasteiger partial charge in [-0.25, -0.2) is 8.42 Å². The Morgan fingerprint density at radius 2 is 1.96 bits per heavy atom. The maximum Gasteiger partial charge on any atom is 0.251 e. The zero-order chi connectivity index (χ0) is 20.3. The molecule has 1 aromatic carbocycles. The lowest BCUT2D eigenvalue weighted by atomic mass is 10.1. The van der Waals surface area contributed by atoms with Crippen LogP contribution in [0.25, 0.3) is 0 Å². The van der Waals surface area contributed by atoms with Crippen LogP contribution in [-0.4, -0.2) is 45.1 Å². The van der Waals surface area contributed by atoms with Crippen molar-refractivity contribution in [2.24, 2.45) is 0 Å². The number of furan rings is 1. The molecule has 0 unspecified atom stereocenters. The van der Waals surface area contributed by atoms with E-state index in [1.807, 2.05) is 19.1 Å². The van der Waals surface area contributed by atoms with Crippen LogP contribution in [0, 0.1) is 6.92 Å². The lowest BCUT2D eigenvalue weighted by molar-refractivity contribution is 0.0933. The van der Waals surface area contributed by atoms with Crippen molar-refractivity contribution in [2.45, 2.75) is 25.8 Å². The number of nitrogens with one attached hydrogen (secondary N) is 2. The van der Waals surface area contributed by atoms with Gasteiger partial charge in [0.1, 0.15) is 11.5 Å². The van der Waals surface area contributed by atoms with E-state index in [0.717, 1.165) is 43.7 Å². The van der Waals surface area contributed by atoms with Crippen molar-refractivity contribution >= 4 is 33.2 Å². The number of aryl methyl sites for hydroxylation is 1. The number of carbonyl (C=O) groups excluding carboxylic acids is 1. The molecule has 0 saturated carbocycles. The third-order valence-corrected chi connectivity index (χ3v) is 5.57. The van der Waals surface area contributed by atoms with Gasteiger partial charge in [0, 0.05) is 12.1 Å². The summed E-state index contributed by atoms with van der Waals surface area (Å²) in [5.41, 5.74) is 0.501. The van der Waals surface area contributed by atoms with Crippen molar-refractivity contribution in [1.29, 1.82) is 0 Å².